The van der Waals surface area contributed by atoms with E-state index in [-0.39, 0.29) is 5.57 Å². The summed E-state index contributed by atoms with van der Waals surface area (Å²) in [6.45, 7) is 2.66. The zero-order valence-corrected chi connectivity index (χ0v) is 16.3. The number of allylic oxidation sites excluding steroid dienone is 1. The van der Waals surface area contributed by atoms with E-state index in [9.17, 15) is 0 Å². The fraction of sp³-hybridized carbons (Fsp3) is 0.158. The molecule has 126 valence electrons. The van der Waals surface area contributed by atoms with E-state index >= 15 is 0 Å². The highest BCUT2D eigenvalue weighted by atomic mass is 127. The number of benzene rings is 2. The molecule has 0 aliphatic rings. The Morgan fingerprint density at radius 3 is 2.56 bits per heavy atom. The first-order valence-corrected chi connectivity index (χ1v) is 8.89. The number of hydrogen-bond donors (Lipinski definition) is 0. The maximum Gasteiger partial charge on any atom is 0.175 e. The van der Waals surface area contributed by atoms with E-state index in [4.69, 9.17) is 31.6 Å². The summed E-state index contributed by atoms with van der Waals surface area (Å²) in [4.78, 5) is 0. The van der Waals surface area contributed by atoms with E-state index < -0.39 is 0 Å². The van der Waals surface area contributed by atoms with Crippen LogP contribution in [0.2, 0.25) is 5.02 Å². The molecule has 0 saturated heterocycles. The first-order chi connectivity index (χ1) is 12.1. The lowest BCUT2D eigenvalue weighted by Crippen LogP contribution is -2.02. The molecule has 0 fully saturated rings. The van der Waals surface area contributed by atoms with Crippen LogP contribution in [0.15, 0.2) is 42.0 Å². The topological polar surface area (TPSA) is 66.0 Å². The molecule has 0 unspecified atom stereocenters. The molecular formula is C19H14ClIN2O2. The van der Waals surface area contributed by atoms with Crippen LogP contribution in [0.4, 0.5) is 0 Å². The molecule has 0 saturated carbocycles. The molecule has 6 heteroatoms. The van der Waals surface area contributed by atoms with E-state index in [0.717, 1.165) is 9.13 Å². The van der Waals surface area contributed by atoms with Crippen molar-refractivity contribution in [1.29, 1.82) is 10.5 Å². The van der Waals surface area contributed by atoms with Gasteiger partial charge >= 0.3 is 0 Å². The van der Waals surface area contributed by atoms with E-state index in [1.807, 2.05) is 49.4 Å². The van der Waals surface area contributed by atoms with Gasteiger partial charge in [0.15, 0.2) is 11.5 Å². The Morgan fingerprint density at radius 2 is 1.92 bits per heavy atom. The van der Waals surface area contributed by atoms with Crippen molar-refractivity contribution in [3.63, 3.8) is 0 Å². The van der Waals surface area contributed by atoms with Crippen LogP contribution in [0.5, 0.6) is 11.5 Å². The summed E-state index contributed by atoms with van der Waals surface area (Å²) < 4.78 is 12.4. The van der Waals surface area contributed by atoms with Crippen molar-refractivity contribution >= 4 is 40.3 Å². The molecule has 0 N–H and O–H groups in total. The molecule has 0 aromatic heterocycles. The predicted molar refractivity (Wildman–Crippen MR) is 105 cm³/mol. The van der Waals surface area contributed by atoms with Crippen LogP contribution in [0, 0.1) is 26.2 Å². The smallest absolute Gasteiger partial charge is 0.175 e. The Kier molecular flexibility index (Phi) is 7.12. The van der Waals surface area contributed by atoms with E-state index in [2.05, 4.69) is 22.6 Å². The third-order valence-electron chi connectivity index (χ3n) is 3.21. The van der Waals surface area contributed by atoms with Crippen LogP contribution < -0.4 is 9.47 Å². The predicted octanol–water partition coefficient (Wildman–Crippen LogP) is 5.35. The van der Waals surface area contributed by atoms with E-state index in [1.165, 1.54) is 6.08 Å². The first kappa shape index (κ1) is 19.1. The third kappa shape index (κ3) is 5.12. The van der Waals surface area contributed by atoms with Crippen molar-refractivity contribution in [1.82, 2.24) is 0 Å². The van der Waals surface area contributed by atoms with Gasteiger partial charge < -0.3 is 9.47 Å². The summed E-state index contributed by atoms with van der Waals surface area (Å²) in [5, 5.41) is 18.5. The van der Waals surface area contributed by atoms with E-state index in [0.29, 0.717) is 35.3 Å². The summed E-state index contributed by atoms with van der Waals surface area (Å²) >= 11 is 8.30. The molecule has 0 spiro atoms. The minimum absolute atomic E-state index is 0.0305. The maximum atomic E-state index is 8.91. The summed E-state index contributed by atoms with van der Waals surface area (Å²) in [5.74, 6) is 1.16. The molecule has 0 radical (unpaired) electrons. The molecule has 4 nitrogen and oxygen atoms in total. The Hall–Kier alpha value is -2.22. The van der Waals surface area contributed by atoms with Gasteiger partial charge in [-0.3, -0.25) is 0 Å². The highest BCUT2D eigenvalue weighted by molar-refractivity contribution is 14.1. The molecule has 0 atom stereocenters. The van der Waals surface area contributed by atoms with Crippen molar-refractivity contribution < 1.29 is 9.47 Å². The largest absolute Gasteiger partial charge is 0.490 e. The zero-order valence-electron chi connectivity index (χ0n) is 13.4. The van der Waals surface area contributed by atoms with Crippen LogP contribution in [0.25, 0.3) is 6.08 Å². The molecule has 25 heavy (non-hydrogen) atoms. The standard InChI is InChI=1S/C19H14ClIN2O2/c1-2-24-18-9-13(7-14(10-22)11-23)8-17(21)19(18)25-12-15-5-3-4-6-16(15)20/h3-9H,2,12H2,1H3. The molecule has 2 rings (SSSR count). The van der Waals surface area contributed by atoms with Gasteiger partial charge in [0.1, 0.15) is 24.3 Å². The normalized spacial score (nSPS) is 9.64. The number of nitriles is 2. The summed E-state index contributed by atoms with van der Waals surface area (Å²) in [6.07, 6.45) is 1.52. The van der Waals surface area contributed by atoms with Gasteiger partial charge in [-0.1, -0.05) is 29.8 Å². The van der Waals surface area contributed by atoms with Gasteiger partial charge in [-0.15, -0.1) is 0 Å². The third-order valence-corrected chi connectivity index (χ3v) is 4.38. The summed E-state index contributed by atoms with van der Waals surface area (Å²) in [6, 6.07) is 14.8. The molecular weight excluding hydrogens is 451 g/mol. The fourth-order valence-electron chi connectivity index (χ4n) is 2.10. The summed E-state index contributed by atoms with van der Waals surface area (Å²) in [5.41, 5.74) is 1.61. The van der Waals surface area contributed by atoms with Crippen molar-refractivity contribution in [3.8, 4) is 23.6 Å². The average Bonchev–Trinajstić information content (AvgIpc) is 2.60. The minimum atomic E-state index is 0.0305. The van der Waals surface area contributed by atoms with Crippen molar-refractivity contribution in [2.24, 2.45) is 0 Å². The lowest BCUT2D eigenvalue weighted by molar-refractivity contribution is 0.267. The van der Waals surface area contributed by atoms with Gasteiger partial charge in [0.05, 0.1) is 10.2 Å². The summed E-state index contributed by atoms with van der Waals surface area (Å²) in [7, 11) is 0. The lowest BCUT2D eigenvalue weighted by Gasteiger charge is -2.15. The zero-order chi connectivity index (χ0) is 18.2. The quantitative estimate of drug-likeness (QED) is 0.427. The molecule has 0 amide bonds. The second kappa shape index (κ2) is 9.31. The average molecular weight is 465 g/mol. The number of hydrogen-bond acceptors (Lipinski definition) is 4. The molecule has 0 heterocycles. The Bertz CT molecular complexity index is 866. The minimum Gasteiger partial charge on any atom is -0.490 e. The number of nitrogens with zero attached hydrogens (tertiary/aromatic N) is 2. The number of halogens is 2. The molecule has 0 bridgehead atoms. The molecule has 0 aliphatic heterocycles. The van der Waals surface area contributed by atoms with Gasteiger partial charge in [-0.2, -0.15) is 10.5 Å². The molecule has 2 aromatic rings. The van der Waals surface area contributed by atoms with Crippen molar-refractivity contribution in [2.45, 2.75) is 13.5 Å². The van der Waals surface area contributed by atoms with Crippen molar-refractivity contribution in [3.05, 3.63) is 61.7 Å². The Balaban J connectivity index is 2.34. The molecule has 2 aromatic carbocycles. The van der Waals surface area contributed by atoms with Crippen molar-refractivity contribution in [2.75, 3.05) is 6.61 Å². The van der Waals surface area contributed by atoms with Gasteiger partial charge in [0.2, 0.25) is 0 Å². The van der Waals surface area contributed by atoms with Gasteiger partial charge in [0.25, 0.3) is 0 Å². The van der Waals surface area contributed by atoms with E-state index in [1.54, 1.807) is 6.07 Å². The monoisotopic (exact) mass is 464 g/mol. The van der Waals surface area contributed by atoms with Crippen LogP contribution in [0.3, 0.4) is 0 Å². The van der Waals surface area contributed by atoms with Crippen LogP contribution in [-0.2, 0) is 6.61 Å². The molecule has 0 aliphatic carbocycles. The van der Waals surface area contributed by atoms with Crippen LogP contribution in [-0.4, -0.2) is 6.61 Å². The second-order valence-corrected chi connectivity index (χ2v) is 6.49. The number of ether oxygens (including phenoxy) is 2. The maximum absolute atomic E-state index is 8.91. The SMILES string of the molecule is CCOc1cc(C=C(C#N)C#N)cc(I)c1OCc1ccccc1Cl. The number of rotatable bonds is 6. The van der Waals surface area contributed by atoms with Crippen LogP contribution in [0.1, 0.15) is 18.1 Å². The highest BCUT2D eigenvalue weighted by Gasteiger charge is 2.13. The van der Waals surface area contributed by atoms with Gasteiger partial charge in [-0.25, -0.2) is 0 Å². The fourth-order valence-corrected chi connectivity index (χ4v) is 3.07. The second-order valence-electron chi connectivity index (χ2n) is 4.92. The highest BCUT2D eigenvalue weighted by Crippen LogP contribution is 2.35. The lowest BCUT2D eigenvalue weighted by atomic mass is 10.1. The first-order valence-electron chi connectivity index (χ1n) is 7.43. The van der Waals surface area contributed by atoms with Gasteiger partial charge in [0, 0.05) is 10.6 Å². The Labute approximate surface area is 165 Å². The van der Waals surface area contributed by atoms with Gasteiger partial charge in [-0.05, 0) is 59.4 Å². The van der Waals surface area contributed by atoms with Crippen LogP contribution >= 0.6 is 34.2 Å². The Morgan fingerprint density at radius 1 is 1.20 bits per heavy atom.